The summed E-state index contributed by atoms with van der Waals surface area (Å²) in [6, 6.07) is 12.5. The van der Waals surface area contributed by atoms with Crippen molar-refractivity contribution in [3.63, 3.8) is 0 Å². The van der Waals surface area contributed by atoms with Crippen LogP contribution >= 0.6 is 0 Å². The van der Waals surface area contributed by atoms with Crippen molar-refractivity contribution in [1.82, 2.24) is 10.2 Å². The third-order valence-electron chi connectivity index (χ3n) is 5.97. The first-order valence-electron chi connectivity index (χ1n) is 11.2. The van der Waals surface area contributed by atoms with Crippen LogP contribution in [-0.4, -0.2) is 60.5 Å². The van der Waals surface area contributed by atoms with E-state index in [-0.39, 0.29) is 36.3 Å². The Morgan fingerprint density at radius 3 is 2.32 bits per heavy atom. The average Bonchev–Trinajstić information content (AvgIpc) is 3.11. The van der Waals surface area contributed by atoms with Gasteiger partial charge in [-0.2, -0.15) is 0 Å². The van der Waals surface area contributed by atoms with Gasteiger partial charge in [0.25, 0.3) is 17.7 Å². The molecular weight excluding hydrogens is 440 g/mol. The van der Waals surface area contributed by atoms with Crippen molar-refractivity contribution < 1.29 is 33.4 Å². The molecule has 3 atom stereocenters. The lowest BCUT2D eigenvalue weighted by atomic mass is 9.97. The number of amides is 3. The largest absolute Gasteiger partial charge is 0.486 e. The van der Waals surface area contributed by atoms with Gasteiger partial charge in [0.05, 0.1) is 17.7 Å². The summed E-state index contributed by atoms with van der Waals surface area (Å²) in [5, 5.41) is 2.65. The fourth-order valence-corrected chi connectivity index (χ4v) is 3.94. The molecule has 0 fully saturated rings. The quantitative estimate of drug-likeness (QED) is 0.469. The number of nitrogens with one attached hydrogen (secondary N) is 1. The molecule has 2 aromatic rings. The minimum Gasteiger partial charge on any atom is -0.486 e. The van der Waals surface area contributed by atoms with Crippen molar-refractivity contribution in [2.45, 2.75) is 32.4 Å². The molecule has 0 aliphatic carbocycles. The Balaban J connectivity index is 1.33. The minimum absolute atomic E-state index is 0.165. The van der Waals surface area contributed by atoms with Crippen LogP contribution in [0.25, 0.3) is 0 Å². The van der Waals surface area contributed by atoms with Gasteiger partial charge in [-0.05, 0) is 30.2 Å². The van der Waals surface area contributed by atoms with Gasteiger partial charge >= 0.3 is 5.97 Å². The number of esters is 1. The SMILES string of the molecule is CCC(C)C(C(=O)OCC(=O)NCC1COc2ccccc2O1)N1C(=O)c2ccccc2C1=O. The van der Waals surface area contributed by atoms with Gasteiger partial charge in [0.2, 0.25) is 0 Å². The summed E-state index contributed by atoms with van der Waals surface area (Å²) in [4.78, 5) is 51.9. The molecule has 9 heteroatoms. The van der Waals surface area contributed by atoms with E-state index in [9.17, 15) is 19.2 Å². The van der Waals surface area contributed by atoms with E-state index in [1.807, 2.05) is 19.1 Å². The van der Waals surface area contributed by atoms with Crippen molar-refractivity contribution in [1.29, 1.82) is 0 Å². The number of carbonyl (C=O) groups is 4. The number of imide groups is 1. The predicted octanol–water partition coefficient (Wildman–Crippen LogP) is 2.20. The molecule has 3 amide bonds. The topological polar surface area (TPSA) is 111 Å². The molecule has 2 aromatic carbocycles. The van der Waals surface area contributed by atoms with Gasteiger partial charge < -0.3 is 19.5 Å². The van der Waals surface area contributed by atoms with Crippen LogP contribution in [0.5, 0.6) is 11.5 Å². The molecule has 0 aromatic heterocycles. The second-order valence-corrected chi connectivity index (χ2v) is 8.27. The first-order valence-corrected chi connectivity index (χ1v) is 11.2. The molecule has 178 valence electrons. The number of carbonyl (C=O) groups excluding carboxylic acids is 4. The summed E-state index contributed by atoms with van der Waals surface area (Å²) >= 11 is 0. The highest BCUT2D eigenvalue weighted by Gasteiger charge is 2.45. The van der Waals surface area contributed by atoms with Crippen LogP contribution < -0.4 is 14.8 Å². The maximum absolute atomic E-state index is 12.9. The lowest BCUT2D eigenvalue weighted by Crippen LogP contribution is -2.50. The van der Waals surface area contributed by atoms with Gasteiger partial charge in [-0.1, -0.05) is 44.5 Å². The van der Waals surface area contributed by atoms with Crippen molar-refractivity contribution in [3.05, 3.63) is 59.7 Å². The van der Waals surface area contributed by atoms with Gasteiger partial charge in [0, 0.05) is 0 Å². The van der Waals surface area contributed by atoms with E-state index in [0.717, 1.165) is 4.90 Å². The fraction of sp³-hybridized carbons (Fsp3) is 0.360. The van der Waals surface area contributed by atoms with Gasteiger partial charge in [0.15, 0.2) is 18.1 Å². The minimum atomic E-state index is -1.13. The molecule has 0 bridgehead atoms. The first-order chi connectivity index (χ1) is 16.4. The number of benzene rings is 2. The summed E-state index contributed by atoms with van der Waals surface area (Å²) in [5.41, 5.74) is 0.505. The maximum atomic E-state index is 12.9. The fourth-order valence-electron chi connectivity index (χ4n) is 3.94. The molecule has 34 heavy (non-hydrogen) atoms. The van der Waals surface area contributed by atoms with Crippen LogP contribution in [0.3, 0.4) is 0 Å². The van der Waals surface area contributed by atoms with Crippen LogP contribution in [0.1, 0.15) is 41.0 Å². The Morgan fingerprint density at radius 2 is 1.68 bits per heavy atom. The molecule has 1 N–H and O–H groups in total. The molecule has 2 aliphatic rings. The van der Waals surface area contributed by atoms with Crippen LogP contribution in [0, 0.1) is 5.92 Å². The highest BCUT2D eigenvalue weighted by atomic mass is 16.6. The standard InChI is InChI=1S/C25H26N2O7/c1-3-15(2)22(27-23(29)17-8-4-5-9-18(17)24(27)30)25(31)33-14-21(28)26-12-16-13-32-19-10-6-7-11-20(19)34-16/h4-11,15-16,22H,3,12-14H2,1-2H3,(H,26,28). The molecule has 0 saturated carbocycles. The molecule has 9 nitrogen and oxygen atoms in total. The second-order valence-electron chi connectivity index (χ2n) is 8.27. The predicted molar refractivity (Wildman–Crippen MR) is 121 cm³/mol. The zero-order valence-electron chi connectivity index (χ0n) is 19.0. The van der Waals surface area contributed by atoms with Gasteiger partial charge in [0.1, 0.15) is 18.8 Å². The number of hydrogen-bond donors (Lipinski definition) is 1. The Kier molecular flexibility index (Phi) is 6.81. The van der Waals surface area contributed by atoms with E-state index < -0.39 is 36.3 Å². The Labute approximate surface area is 197 Å². The molecule has 2 aliphatic heterocycles. The lowest BCUT2D eigenvalue weighted by Gasteiger charge is -2.29. The third-order valence-corrected chi connectivity index (χ3v) is 5.97. The number of hydrogen-bond acceptors (Lipinski definition) is 7. The average molecular weight is 466 g/mol. The Morgan fingerprint density at radius 1 is 1.06 bits per heavy atom. The Bertz CT molecular complexity index is 1080. The normalized spacial score (nSPS) is 18.2. The van der Waals surface area contributed by atoms with E-state index in [2.05, 4.69) is 5.32 Å². The van der Waals surface area contributed by atoms with Crippen molar-refractivity contribution >= 4 is 23.7 Å². The van der Waals surface area contributed by atoms with Gasteiger partial charge in [-0.3, -0.25) is 19.3 Å². The van der Waals surface area contributed by atoms with Crippen LogP contribution in [0.2, 0.25) is 0 Å². The summed E-state index contributed by atoms with van der Waals surface area (Å²) in [6.45, 7) is 3.50. The summed E-state index contributed by atoms with van der Waals surface area (Å²) in [6.07, 6.45) is 0.139. The number of para-hydroxylation sites is 2. The van der Waals surface area contributed by atoms with E-state index >= 15 is 0 Å². The van der Waals surface area contributed by atoms with Gasteiger partial charge in [-0.15, -0.1) is 0 Å². The highest BCUT2D eigenvalue weighted by Crippen LogP contribution is 2.31. The van der Waals surface area contributed by atoms with Crippen LogP contribution in [0.15, 0.2) is 48.5 Å². The molecule has 0 spiro atoms. The van der Waals surface area contributed by atoms with E-state index in [0.29, 0.717) is 17.9 Å². The number of rotatable bonds is 8. The molecule has 0 radical (unpaired) electrons. The van der Waals surface area contributed by atoms with Crippen molar-refractivity contribution in [2.75, 3.05) is 19.8 Å². The number of fused-ring (bicyclic) bond motifs is 2. The summed E-state index contributed by atoms with van der Waals surface area (Å²) in [7, 11) is 0. The third kappa shape index (κ3) is 4.59. The smallest absolute Gasteiger partial charge is 0.330 e. The summed E-state index contributed by atoms with van der Waals surface area (Å²) in [5.74, 6) is -1.53. The van der Waals surface area contributed by atoms with Crippen molar-refractivity contribution in [3.8, 4) is 11.5 Å². The highest BCUT2D eigenvalue weighted by molar-refractivity contribution is 6.22. The summed E-state index contributed by atoms with van der Waals surface area (Å²) < 4.78 is 16.6. The van der Waals surface area contributed by atoms with E-state index in [1.54, 1.807) is 43.3 Å². The molecule has 3 unspecified atom stereocenters. The number of ether oxygens (including phenoxy) is 3. The monoisotopic (exact) mass is 466 g/mol. The van der Waals surface area contributed by atoms with Crippen LogP contribution in [-0.2, 0) is 14.3 Å². The molecule has 2 heterocycles. The van der Waals surface area contributed by atoms with Gasteiger partial charge in [-0.25, -0.2) is 4.79 Å². The second kappa shape index (κ2) is 9.94. The molecule has 4 rings (SSSR count). The number of nitrogens with zero attached hydrogens (tertiary/aromatic N) is 1. The lowest BCUT2D eigenvalue weighted by molar-refractivity contribution is -0.154. The molecule has 0 saturated heterocycles. The van der Waals surface area contributed by atoms with Crippen LogP contribution in [0.4, 0.5) is 0 Å². The van der Waals surface area contributed by atoms with Crippen molar-refractivity contribution in [2.24, 2.45) is 5.92 Å². The van der Waals surface area contributed by atoms with E-state index in [4.69, 9.17) is 14.2 Å². The van der Waals surface area contributed by atoms with E-state index in [1.165, 1.54) is 0 Å². The zero-order valence-corrected chi connectivity index (χ0v) is 19.0. The molecular formula is C25H26N2O7. The first kappa shape index (κ1) is 23.3. The Hall–Kier alpha value is -3.88. The maximum Gasteiger partial charge on any atom is 0.330 e. The zero-order chi connectivity index (χ0) is 24.2.